The van der Waals surface area contributed by atoms with Crippen molar-refractivity contribution in [2.45, 2.75) is 69.9 Å². The van der Waals surface area contributed by atoms with E-state index in [-0.39, 0.29) is 35.8 Å². The van der Waals surface area contributed by atoms with Gasteiger partial charge < -0.3 is 29.5 Å². The van der Waals surface area contributed by atoms with Gasteiger partial charge in [-0.3, -0.25) is 39.1 Å². The number of methoxy groups -OCH3 is 1. The van der Waals surface area contributed by atoms with Crippen LogP contribution in [0.25, 0.3) is 0 Å². The number of carbonyl (C=O) groups is 6. The molecule has 0 bridgehead atoms. The first kappa shape index (κ1) is 42.4. The Morgan fingerprint density at radius 3 is 2.35 bits per heavy atom. The number of carbonyl (C=O) groups excluding carboxylic acids is 6. The maximum atomic E-state index is 13.6. The SMILES string of the molecule is COC(=O)c1ccccc1Oc1cncnc1N1CC2(CCN(CC3CCC(NC(=O)CCN4CCN(c5cccc6c5C(=O)N(C5CCC(=O)NC5=O)C6=O)CC4)CC3)CC2)C1. The maximum Gasteiger partial charge on any atom is 0.341 e. The van der Waals surface area contributed by atoms with Crippen LogP contribution in [0.4, 0.5) is 11.5 Å². The Bertz CT molecular complexity index is 2260. The Labute approximate surface area is 366 Å². The van der Waals surface area contributed by atoms with Crippen molar-refractivity contribution in [1.82, 2.24) is 35.3 Å². The third-order valence-electron chi connectivity index (χ3n) is 14.0. The van der Waals surface area contributed by atoms with Crippen LogP contribution < -0.4 is 25.2 Å². The van der Waals surface area contributed by atoms with Gasteiger partial charge in [0.15, 0.2) is 11.6 Å². The highest BCUT2D eigenvalue weighted by Gasteiger charge is 2.48. The Balaban J connectivity index is 0.672. The molecule has 2 N–H and O–H groups in total. The highest BCUT2D eigenvalue weighted by molar-refractivity contribution is 6.25. The number of hydrogen-bond acceptors (Lipinski definition) is 14. The van der Waals surface area contributed by atoms with E-state index in [2.05, 4.69) is 40.2 Å². The predicted octanol–water partition coefficient (Wildman–Crippen LogP) is 3.25. The molecule has 1 atom stereocenters. The van der Waals surface area contributed by atoms with E-state index in [9.17, 15) is 28.8 Å². The first-order valence-corrected chi connectivity index (χ1v) is 22.3. The van der Waals surface area contributed by atoms with Crippen LogP contribution in [0.2, 0.25) is 0 Å². The summed E-state index contributed by atoms with van der Waals surface area (Å²) in [6.07, 6.45) is 10.3. The number of fused-ring (bicyclic) bond motifs is 1. The molecule has 4 saturated heterocycles. The molecule has 63 heavy (non-hydrogen) atoms. The van der Waals surface area contributed by atoms with E-state index in [0.29, 0.717) is 73.4 Å². The number of esters is 1. The number of benzene rings is 2. The minimum absolute atomic E-state index is 0.0762. The number of para-hydroxylation sites is 1. The summed E-state index contributed by atoms with van der Waals surface area (Å²) in [5, 5.41) is 5.56. The van der Waals surface area contributed by atoms with E-state index in [1.807, 2.05) is 12.1 Å². The summed E-state index contributed by atoms with van der Waals surface area (Å²) >= 11 is 0. The van der Waals surface area contributed by atoms with E-state index in [0.717, 1.165) is 82.0 Å². The molecule has 6 aliphatic rings. The fourth-order valence-electron chi connectivity index (χ4n) is 10.4. The van der Waals surface area contributed by atoms with Crippen LogP contribution in [0.3, 0.4) is 0 Å². The average molecular weight is 862 g/mol. The number of aromatic nitrogens is 2. The second-order valence-corrected chi connectivity index (χ2v) is 18.0. The van der Waals surface area contributed by atoms with Crippen molar-refractivity contribution in [1.29, 1.82) is 0 Å². The van der Waals surface area contributed by atoms with Gasteiger partial charge in [0.05, 0.1) is 30.1 Å². The third kappa shape index (κ3) is 8.85. The minimum Gasteiger partial charge on any atom is -0.465 e. The van der Waals surface area contributed by atoms with Gasteiger partial charge >= 0.3 is 5.97 Å². The van der Waals surface area contributed by atoms with E-state index in [1.165, 1.54) is 13.4 Å². The lowest BCUT2D eigenvalue weighted by atomic mass is 9.71. The van der Waals surface area contributed by atoms with Crippen LogP contribution in [-0.4, -0.2) is 145 Å². The van der Waals surface area contributed by atoms with Gasteiger partial charge in [0.2, 0.25) is 17.7 Å². The second-order valence-electron chi connectivity index (χ2n) is 18.0. The molecular formula is C46H55N9O8. The van der Waals surface area contributed by atoms with Crippen LogP contribution in [0, 0.1) is 11.3 Å². The van der Waals surface area contributed by atoms with Crippen molar-refractivity contribution in [2.75, 3.05) is 82.4 Å². The van der Waals surface area contributed by atoms with Gasteiger partial charge in [-0.2, -0.15) is 0 Å². The van der Waals surface area contributed by atoms with Crippen LogP contribution in [-0.2, 0) is 19.1 Å². The number of anilines is 2. The van der Waals surface area contributed by atoms with Crippen molar-refractivity contribution in [3.8, 4) is 11.5 Å². The summed E-state index contributed by atoms with van der Waals surface area (Å²) in [4.78, 5) is 95.5. The first-order valence-electron chi connectivity index (χ1n) is 22.3. The van der Waals surface area contributed by atoms with E-state index in [1.54, 1.807) is 36.5 Å². The fourth-order valence-corrected chi connectivity index (χ4v) is 10.4. The molecule has 17 nitrogen and oxygen atoms in total. The first-order chi connectivity index (χ1) is 30.6. The normalized spacial score (nSPS) is 23.9. The minimum atomic E-state index is -1.00. The molecule has 332 valence electrons. The summed E-state index contributed by atoms with van der Waals surface area (Å²) in [6.45, 7) is 8.41. The quantitative estimate of drug-likeness (QED) is 0.200. The number of imide groups is 2. The summed E-state index contributed by atoms with van der Waals surface area (Å²) in [5.41, 5.74) is 1.86. The van der Waals surface area contributed by atoms with E-state index in [4.69, 9.17) is 9.47 Å². The molecule has 5 aliphatic heterocycles. The largest absolute Gasteiger partial charge is 0.465 e. The van der Waals surface area contributed by atoms with Crippen molar-refractivity contribution >= 4 is 47.0 Å². The summed E-state index contributed by atoms with van der Waals surface area (Å²) in [5.74, 6) is -0.123. The van der Waals surface area contributed by atoms with Crippen LogP contribution >= 0.6 is 0 Å². The molecule has 6 heterocycles. The van der Waals surface area contributed by atoms with E-state index < -0.39 is 35.6 Å². The lowest BCUT2D eigenvalue weighted by molar-refractivity contribution is -0.136. The van der Waals surface area contributed by atoms with Crippen molar-refractivity contribution in [3.63, 3.8) is 0 Å². The maximum absolute atomic E-state index is 13.6. The highest BCUT2D eigenvalue weighted by atomic mass is 16.5. The monoisotopic (exact) mass is 861 g/mol. The van der Waals surface area contributed by atoms with Gasteiger partial charge in [-0.05, 0) is 88.2 Å². The molecule has 1 saturated carbocycles. The smallest absolute Gasteiger partial charge is 0.341 e. The molecule has 1 aromatic heterocycles. The zero-order valence-corrected chi connectivity index (χ0v) is 35.8. The lowest BCUT2D eigenvalue weighted by Gasteiger charge is -2.54. The second kappa shape index (κ2) is 18.0. The highest BCUT2D eigenvalue weighted by Crippen LogP contribution is 2.45. The van der Waals surface area contributed by atoms with Gasteiger partial charge in [-0.25, -0.2) is 14.8 Å². The molecule has 9 rings (SSSR count). The lowest BCUT2D eigenvalue weighted by Crippen LogP contribution is -2.61. The zero-order chi connectivity index (χ0) is 43.7. The van der Waals surface area contributed by atoms with Crippen molar-refractivity contribution < 1.29 is 38.2 Å². The molecule has 5 amide bonds. The number of amides is 5. The van der Waals surface area contributed by atoms with Gasteiger partial charge in [0.25, 0.3) is 11.8 Å². The Morgan fingerprint density at radius 2 is 1.60 bits per heavy atom. The Hall–Kier alpha value is -5.94. The zero-order valence-electron chi connectivity index (χ0n) is 35.8. The molecule has 1 spiro atoms. The molecule has 17 heteroatoms. The number of nitrogens with one attached hydrogen (secondary N) is 2. The number of piperazine rings is 1. The molecule has 3 aromatic rings. The fraction of sp³-hybridized carbons (Fsp3) is 0.522. The number of piperidine rings is 2. The number of hydrogen-bond donors (Lipinski definition) is 2. The summed E-state index contributed by atoms with van der Waals surface area (Å²) in [6, 6.07) is 11.4. The summed E-state index contributed by atoms with van der Waals surface area (Å²) < 4.78 is 11.1. The van der Waals surface area contributed by atoms with Crippen molar-refractivity contribution in [2.24, 2.45) is 11.3 Å². The number of rotatable bonds is 12. The van der Waals surface area contributed by atoms with Crippen LogP contribution in [0.15, 0.2) is 55.0 Å². The molecular weight excluding hydrogens is 807 g/mol. The predicted molar refractivity (Wildman–Crippen MR) is 230 cm³/mol. The van der Waals surface area contributed by atoms with Gasteiger partial charge in [-0.15, -0.1) is 0 Å². The topological polar surface area (TPSA) is 187 Å². The van der Waals surface area contributed by atoms with Crippen LogP contribution in [0.5, 0.6) is 11.5 Å². The third-order valence-corrected chi connectivity index (χ3v) is 14.0. The molecule has 2 aromatic carbocycles. The van der Waals surface area contributed by atoms with Gasteiger partial charge in [0, 0.05) is 76.7 Å². The number of likely N-dealkylation sites (tertiary alicyclic amines) is 1. The van der Waals surface area contributed by atoms with Gasteiger partial charge in [0.1, 0.15) is 23.7 Å². The Morgan fingerprint density at radius 1 is 0.841 bits per heavy atom. The number of ether oxygens (including phenoxy) is 2. The van der Waals surface area contributed by atoms with Crippen molar-refractivity contribution in [3.05, 3.63) is 71.7 Å². The molecule has 1 unspecified atom stereocenters. The Kier molecular flexibility index (Phi) is 12.1. The van der Waals surface area contributed by atoms with Crippen LogP contribution in [0.1, 0.15) is 88.9 Å². The summed E-state index contributed by atoms with van der Waals surface area (Å²) in [7, 11) is 1.35. The molecule has 5 fully saturated rings. The molecule has 1 aliphatic carbocycles. The van der Waals surface area contributed by atoms with E-state index >= 15 is 0 Å². The average Bonchev–Trinajstić information content (AvgIpc) is 3.54. The molecule has 0 radical (unpaired) electrons. The number of nitrogens with zero attached hydrogens (tertiary/aromatic N) is 7. The standard InChI is InChI=1S/C46H55N9O8/c1-62-45(61)32-5-2-3-8-36(32)63-37-25-47-29-48-41(37)54-27-46(28-54)16-19-52(20-17-46)26-30-9-11-31(12-10-30)49-39(57)15-18-51-21-23-53(24-22-51)34-7-4-6-33-40(34)44(60)55(43(33)59)35-13-14-38(56)50-42(35)58/h2-8,25,29-31,35H,9-24,26-28H2,1H3,(H,49,57)(H,50,56,58). The van der Waals surface area contributed by atoms with Gasteiger partial charge in [-0.1, -0.05) is 18.2 Å².